The fourth-order valence-electron chi connectivity index (χ4n) is 3.01. The Morgan fingerprint density at radius 2 is 1.74 bits per heavy atom. The van der Waals surface area contributed by atoms with Crippen molar-refractivity contribution in [3.8, 4) is 5.75 Å². The Hall–Kier alpha value is -2.93. The van der Waals surface area contributed by atoms with E-state index in [0.29, 0.717) is 35.7 Å². The van der Waals surface area contributed by atoms with E-state index in [1.54, 1.807) is 37.4 Å². The first-order valence-corrected chi connectivity index (χ1v) is 9.02. The quantitative estimate of drug-likeness (QED) is 0.875. The molecule has 0 aliphatic carbocycles. The van der Waals surface area contributed by atoms with E-state index in [1.807, 2.05) is 4.90 Å². The summed E-state index contributed by atoms with van der Waals surface area (Å²) >= 11 is 0. The van der Waals surface area contributed by atoms with Crippen LogP contribution in [0.1, 0.15) is 27.6 Å². The average molecular weight is 368 g/mol. The first-order valence-electron chi connectivity index (χ1n) is 9.02. The molecule has 0 atom stereocenters. The van der Waals surface area contributed by atoms with E-state index in [0.717, 1.165) is 19.6 Å². The second kappa shape index (κ2) is 8.64. The normalized spacial score (nSPS) is 14.7. The molecule has 0 spiro atoms. The van der Waals surface area contributed by atoms with Crippen molar-refractivity contribution in [2.75, 3.05) is 45.2 Å². The minimum Gasteiger partial charge on any atom is -0.497 e. The molecule has 2 amide bonds. The maximum Gasteiger partial charge on any atom is 0.257 e. The van der Waals surface area contributed by atoms with Gasteiger partial charge < -0.3 is 19.9 Å². The number of ether oxygens (including phenoxy) is 1. The van der Waals surface area contributed by atoms with Gasteiger partial charge in [-0.05, 0) is 36.9 Å². The van der Waals surface area contributed by atoms with Crippen LogP contribution in [0.5, 0.6) is 5.75 Å². The van der Waals surface area contributed by atoms with Crippen molar-refractivity contribution in [1.29, 1.82) is 0 Å². The highest BCUT2D eigenvalue weighted by atomic mass is 16.5. The number of methoxy groups -OCH3 is 1. The predicted molar refractivity (Wildman–Crippen MR) is 103 cm³/mol. The number of nitrogens with zero attached hydrogens (tertiary/aromatic N) is 3. The van der Waals surface area contributed by atoms with Crippen molar-refractivity contribution < 1.29 is 14.3 Å². The van der Waals surface area contributed by atoms with Gasteiger partial charge in [0.15, 0.2) is 0 Å². The Bertz CT molecular complexity index is 799. The summed E-state index contributed by atoms with van der Waals surface area (Å²) in [6, 6.07) is 8.65. The van der Waals surface area contributed by atoms with Crippen LogP contribution in [0.4, 0.5) is 5.69 Å². The summed E-state index contributed by atoms with van der Waals surface area (Å²) in [7, 11) is 1.59. The molecular weight excluding hydrogens is 344 g/mol. The smallest absolute Gasteiger partial charge is 0.257 e. The van der Waals surface area contributed by atoms with Crippen LogP contribution in [0.15, 0.2) is 42.7 Å². The van der Waals surface area contributed by atoms with Crippen molar-refractivity contribution >= 4 is 17.5 Å². The lowest BCUT2D eigenvalue weighted by molar-refractivity contribution is 0.0643. The molecule has 1 aromatic heterocycles. The summed E-state index contributed by atoms with van der Waals surface area (Å²) < 4.78 is 5.10. The van der Waals surface area contributed by atoms with Gasteiger partial charge in [-0.2, -0.15) is 0 Å². The third kappa shape index (κ3) is 4.62. The Kier molecular flexibility index (Phi) is 6.03. The molecule has 1 aliphatic heterocycles. The minimum atomic E-state index is -0.307. The highest BCUT2D eigenvalue weighted by molar-refractivity contribution is 6.05. The second-order valence-electron chi connectivity index (χ2n) is 6.37. The molecule has 0 saturated carbocycles. The van der Waals surface area contributed by atoms with Gasteiger partial charge in [-0.15, -0.1) is 0 Å². The van der Waals surface area contributed by atoms with Gasteiger partial charge in [0.1, 0.15) is 5.75 Å². The number of carbonyl (C=O) groups is 2. The molecule has 3 rings (SSSR count). The second-order valence-corrected chi connectivity index (χ2v) is 6.37. The van der Waals surface area contributed by atoms with Gasteiger partial charge in [0.25, 0.3) is 11.8 Å². The van der Waals surface area contributed by atoms with Gasteiger partial charge in [-0.1, -0.05) is 6.92 Å². The molecule has 1 fully saturated rings. The van der Waals surface area contributed by atoms with Crippen molar-refractivity contribution in [2.45, 2.75) is 6.92 Å². The number of piperazine rings is 1. The molecule has 1 N–H and O–H groups in total. The molecule has 1 aliphatic rings. The van der Waals surface area contributed by atoms with Gasteiger partial charge in [0.05, 0.1) is 18.2 Å². The molecule has 27 heavy (non-hydrogen) atoms. The molecule has 2 heterocycles. The number of benzene rings is 1. The molecule has 7 heteroatoms. The minimum absolute atomic E-state index is 0.0858. The Morgan fingerprint density at radius 3 is 2.37 bits per heavy atom. The third-order valence-electron chi connectivity index (χ3n) is 4.70. The summed E-state index contributed by atoms with van der Waals surface area (Å²) in [5, 5.41) is 2.80. The summed E-state index contributed by atoms with van der Waals surface area (Å²) in [5.74, 6) is 0.320. The van der Waals surface area contributed by atoms with E-state index in [1.165, 1.54) is 12.4 Å². The fourth-order valence-corrected chi connectivity index (χ4v) is 3.01. The molecule has 1 aromatic carbocycles. The largest absolute Gasteiger partial charge is 0.497 e. The van der Waals surface area contributed by atoms with E-state index in [9.17, 15) is 9.59 Å². The van der Waals surface area contributed by atoms with E-state index in [4.69, 9.17) is 4.74 Å². The molecule has 0 radical (unpaired) electrons. The number of anilines is 1. The lowest BCUT2D eigenvalue weighted by atomic mass is 10.1. The Labute approximate surface area is 158 Å². The van der Waals surface area contributed by atoms with Crippen molar-refractivity contribution in [1.82, 2.24) is 14.8 Å². The summed E-state index contributed by atoms with van der Waals surface area (Å²) in [6.07, 6.45) is 2.98. The molecule has 1 saturated heterocycles. The molecule has 142 valence electrons. The lowest BCUT2D eigenvalue weighted by Crippen LogP contribution is -2.48. The Balaban J connectivity index is 1.67. The number of pyridine rings is 1. The highest BCUT2D eigenvalue weighted by Crippen LogP contribution is 2.16. The number of hydrogen-bond donors (Lipinski definition) is 1. The number of carbonyl (C=O) groups excluding carboxylic acids is 2. The first-order chi connectivity index (χ1) is 13.1. The van der Waals surface area contributed by atoms with Crippen molar-refractivity contribution in [2.24, 2.45) is 0 Å². The van der Waals surface area contributed by atoms with Gasteiger partial charge in [-0.25, -0.2) is 0 Å². The van der Waals surface area contributed by atoms with Crippen LogP contribution in [0.25, 0.3) is 0 Å². The zero-order valence-electron chi connectivity index (χ0n) is 15.6. The van der Waals surface area contributed by atoms with Gasteiger partial charge >= 0.3 is 0 Å². The summed E-state index contributed by atoms with van der Waals surface area (Å²) in [6.45, 7) is 6.22. The summed E-state index contributed by atoms with van der Waals surface area (Å²) in [5.41, 5.74) is 1.43. The zero-order valence-corrected chi connectivity index (χ0v) is 15.6. The van der Waals surface area contributed by atoms with Gasteiger partial charge in [0, 0.05) is 44.3 Å². The fraction of sp³-hybridized carbons (Fsp3) is 0.350. The van der Waals surface area contributed by atoms with Crippen LogP contribution in [0.2, 0.25) is 0 Å². The molecule has 7 nitrogen and oxygen atoms in total. The van der Waals surface area contributed by atoms with Crippen LogP contribution in [-0.2, 0) is 0 Å². The highest BCUT2D eigenvalue weighted by Gasteiger charge is 2.22. The first kappa shape index (κ1) is 18.8. The Morgan fingerprint density at radius 1 is 1.07 bits per heavy atom. The van der Waals surface area contributed by atoms with E-state index < -0.39 is 0 Å². The van der Waals surface area contributed by atoms with Crippen LogP contribution >= 0.6 is 0 Å². The van der Waals surface area contributed by atoms with Gasteiger partial charge in [-0.3, -0.25) is 14.6 Å². The van der Waals surface area contributed by atoms with Crippen LogP contribution < -0.4 is 10.1 Å². The predicted octanol–water partition coefficient (Wildman–Crippen LogP) is 2.12. The number of nitrogens with one attached hydrogen (secondary N) is 1. The number of rotatable bonds is 5. The van der Waals surface area contributed by atoms with Crippen LogP contribution in [0.3, 0.4) is 0 Å². The lowest BCUT2D eigenvalue weighted by Gasteiger charge is -2.34. The van der Waals surface area contributed by atoms with Crippen molar-refractivity contribution in [3.63, 3.8) is 0 Å². The van der Waals surface area contributed by atoms with E-state index in [-0.39, 0.29) is 11.8 Å². The number of amides is 2. The maximum atomic E-state index is 12.7. The zero-order chi connectivity index (χ0) is 19.2. The molecule has 2 aromatic rings. The number of hydrogen-bond acceptors (Lipinski definition) is 5. The number of aromatic nitrogens is 1. The van der Waals surface area contributed by atoms with E-state index >= 15 is 0 Å². The van der Waals surface area contributed by atoms with Crippen LogP contribution in [-0.4, -0.2) is 66.4 Å². The average Bonchev–Trinajstić information content (AvgIpc) is 2.74. The maximum absolute atomic E-state index is 12.7. The van der Waals surface area contributed by atoms with Crippen LogP contribution in [0, 0.1) is 0 Å². The standard InChI is InChI=1S/C20H24N4O3/c1-3-23-8-10-24(11-9-23)20(26)16-12-15(13-21-14-16)19(25)22-17-4-6-18(27-2)7-5-17/h4-7,12-14H,3,8-11H2,1-2H3,(H,22,25). The molecule has 0 unspecified atom stereocenters. The van der Waals surface area contributed by atoms with Gasteiger partial charge in [0.2, 0.25) is 0 Å². The number of likely N-dealkylation sites (N-methyl/N-ethyl adjacent to an activating group) is 1. The molecular formula is C20H24N4O3. The molecule has 0 bridgehead atoms. The van der Waals surface area contributed by atoms with E-state index in [2.05, 4.69) is 22.1 Å². The monoisotopic (exact) mass is 368 g/mol. The SMILES string of the molecule is CCN1CCN(C(=O)c2cncc(C(=O)Nc3ccc(OC)cc3)c2)CC1. The third-order valence-corrected chi connectivity index (χ3v) is 4.70. The summed E-state index contributed by atoms with van der Waals surface area (Å²) in [4.78, 5) is 33.4. The topological polar surface area (TPSA) is 74.8 Å². The van der Waals surface area contributed by atoms with Crippen molar-refractivity contribution in [3.05, 3.63) is 53.9 Å².